The SMILES string of the molecule is CCCNc1cc(N(CC)CC)ncn1. The minimum atomic E-state index is 0.911. The summed E-state index contributed by atoms with van der Waals surface area (Å²) in [7, 11) is 0. The van der Waals surface area contributed by atoms with E-state index in [9.17, 15) is 0 Å². The molecule has 0 saturated heterocycles. The van der Waals surface area contributed by atoms with Gasteiger partial charge in [0.1, 0.15) is 18.0 Å². The highest BCUT2D eigenvalue weighted by molar-refractivity contribution is 5.48. The van der Waals surface area contributed by atoms with Crippen molar-refractivity contribution < 1.29 is 0 Å². The van der Waals surface area contributed by atoms with E-state index in [4.69, 9.17) is 0 Å². The molecule has 1 aromatic rings. The molecule has 15 heavy (non-hydrogen) atoms. The fraction of sp³-hybridized carbons (Fsp3) is 0.636. The standard InChI is InChI=1S/C11H20N4/c1-4-7-12-10-8-11(14-9-13-10)15(5-2)6-3/h8-9H,4-7H2,1-3H3,(H,12,13,14). The largest absolute Gasteiger partial charge is 0.370 e. The van der Waals surface area contributed by atoms with Crippen molar-refractivity contribution >= 4 is 11.6 Å². The molecular formula is C11H20N4. The van der Waals surface area contributed by atoms with Crippen LogP contribution >= 0.6 is 0 Å². The summed E-state index contributed by atoms with van der Waals surface area (Å²) in [6.45, 7) is 9.30. The smallest absolute Gasteiger partial charge is 0.134 e. The highest BCUT2D eigenvalue weighted by Crippen LogP contribution is 2.13. The zero-order valence-electron chi connectivity index (χ0n) is 9.82. The van der Waals surface area contributed by atoms with Crippen LogP contribution < -0.4 is 10.2 Å². The third-order valence-electron chi connectivity index (χ3n) is 2.30. The monoisotopic (exact) mass is 208 g/mol. The average Bonchev–Trinajstić information content (AvgIpc) is 2.29. The van der Waals surface area contributed by atoms with E-state index in [0.717, 1.165) is 37.7 Å². The molecule has 4 heteroatoms. The van der Waals surface area contributed by atoms with Crippen LogP contribution in [0.4, 0.5) is 11.6 Å². The first-order valence-electron chi connectivity index (χ1n) is 5.62. The van der Waals surface area contributed by atoms with E-state index in [1.807, 2.05) is 6.07 Å². The van der Waals surface area contributed by atoms with Crippen LogP contribution in [0.1, 0.15) is 27.2 Å². The fourth-order valence-corrected chi connectivity index (χ4v) is 1.42. The van der Waals surface area contributed by atoms with Gasteiger partial charge in [-0.25, -0.2) is 9.97 Å². The summed E-state index contributed by atoms with van der Waals surface area (Å²) < 4.78 is 0. The van der Waals surface area contributed by atoms with Crippen LogP contribution in [-0.2, 0) is 0 Å². The van der Waals surface area contributed by atoms with Gasteiger partial charge in [0.15, 0.2) is 0 Å². The van der Waals surface area contributed by atoms with Crippen molar-refractivity contribution in [1.82, 2.24) is 9.97 Å². The molecular weight excluding hydrogens is 188 g/mol. The van der Waals surface area contributed by atoms with E-state index in [1.54, 1.807) is 6.33 Å². The molecule has 0 amide bonds. The molecule has 1 aromatic heterocycles. The van der Waals surface area contributed by atoms with Crippen molar-refractivity contribution in [2.45, 2.75) is 27.2 Å². The van der Waals surface area contributed by atoms with Crippen LogP contribution in [-0.4, -0.2) is 29.6 Å². The van der Waals surface area contributed by atoms with Crippen molar-refractivity contribution in [3.8, 4) is 0 Å². The van der Waals surface area contributed by atoms with E-state index >= 15 is 0 Å². The van der Waals surface area contributed by atoms with Crippen molar-refractivity contribution in [2.24, 2.45) is 0 Å². The number of nitrogens with one attached hydrogen (secondary N) is 1. The lowest BCUT2D eigenvalue weighted by Gasteiger charge is -2.19. The van der Waals surface area contributed by atoms with Gasteiger partial charge in [-0.05, 0) is 20.3 Å². The minimum Gasteiger partial charge on any atom is -0.370 e. The molecule has 0 aliphatic rings. The lowest BCUT2D eigenvalue weighted by Crippen LogP contribution is -2.23. The van der Waals surface area contributed by atoms with Crippen LogP contribution in [0.15, 0.2) is 12.4 Å². The molecule has 0 saturated carbocycles. The fourth-order valence-electron chi connectivity index (χ4n) is 1.42. The highest BCUT2D eigenvalue weighted by atomic mass is 15.2. The molecule has 1 N–H and O–H groups in total. The van der Waals surface area contributed by atoms with Crippen molar-refractivity contribution in [2.75, 3.05) is 29.9 Å². The van der Waals surface area contributed by atoms with Crippen molar-refractivity contribution in [1.29, 1.82) is 0 Å². The molecule has 0 unspecified atom stereocenters. The van der Waals surface area contributed by atoms with E-state index in [2.05, 4.69) is 41.0 Å². The van der Waals surface area contributed by atoms with Gasteiger partial charge in [0.05, 0.1) is 0 Å². The van der Waals surface area contributed by atoms with Gasteiger partial charge in [0.25, 0.3) is 0 Å². The Balaban J connectivity index is 2.72. The van der Waals surface area contributed by atoms with Gasteiger partial charge in [-0.15, -0.1) is 0 Å². The van der Waals surface area contributed by atoms with Crippen LogP contribution in [0.5, 0.6) is 0 Å². The summed E-state index contributed by atoms with van der Waals surface area (Å²) in [4.78, 5) is 10.7. The summed E-state index contributed by atoms with van der Waals surface area (Å²) in [6, 6.07) is 2.00. The molecule has 0 aliphatic carbocycles. The Labute approximate surface area is 91.7 Å². The van der Waals surface area contributed by atoms with Gasteiger partial charge in [-0.1, -0.05) is 6.92 Å². The zero-order chi connectivity index (χ0) is 11.1. The molecule has 4 nitrogen and oxygen atoms in total. The first-order valence-corrected chi connectivity index (χ1v) is 5.62. The molecule has 1 rings (SSSR count). The topological polar surface area (TPSA) is 41.0 Å². The third kappa shape index (κ3) is 3.38. The predicted molar refractivity (Wildman–Crippen MR) is 64.4 cm³/mol. The first-order chi connectivity index (χ1) is 7.31. The third-order valence-corrected chi connectivity index (χ3v) is 2.30. The number of nitrogens with zero attached hydrogens (tertiary/aromatic N) is 3. The molecule has 0 atom stereocenters. The summed E-state index contributed by atoms with van der Waals surface area (Å²) in [6.07, 6.45) is 2.72. The second-order valence-corrected chi connectivity index (χ2v) is 3.36. The number of hydrogen-bond acceptors (Lipinski definition) is 4. The Hall–Kier alpha value is -1.32. The van der Waals surface area contributed by atoms with Crippen LogP contribution in [0, 0.1) is 0 Å². The van der Waals surface area contributed by atoms with Gasteiger partial charge in [-0.3, -0.25) is 0 Å². The summed E-state index contributed by atoms with van der Waals surface area (Å²) in [5.41, 5.74) is 0. The maximum atomic E-state index is 4.26. The van der Waals surface area contributed by atoms with Crippen LogP contribution in [0.2, 0.25) is 0 Å². The number of anilines is 2. The molecule has 0 aliphatic heterocycles. The zero-order valence-corrected chi connectivity index (χ0v) is 9.82. The van der Waals surface area contributed by atoms with Crippen molar-refractivity contribution in [3.05, 3.63) is 12.4 Å². The molecule has 0 fully saturated rings. The maximum absolute atomic E-state index is 4.26. The van der Waals surface area contributed by atoms with Crippen LogP contribution in [0.25, 0.3) is 0 Å². The van der Waals surface area contributed by atoms with E-state index in [0.29, 0.717) is 0 Å². The van der Waals surface area contributed by atoms with Gasteiger partial charge < -0.3 is 10.2 Å². The molecule has 84 valence electrons. The van der Waals surface area contributed by atoms with Crippen LogP contribution in [0.3, 0.4) is 0 Å². The molecule has 0 spiro atoms. The Morgan fingerprint density at radius 1 is 1.20 bits per heavy atom. The number of rotatable bonds is 6. The Kier molecular flexibility index (Phi) is 4.87. The Bertz CT molecular complexity index is 284. The lowest BCUT2D eigenvalue weighted by molar-refractivity contribution is 0.840. The second-order valence-electron chi connectivity index (χ2n) is 3.36. The quantitative estimate of drug-likeness (QED) is 0.777. The highest BCUT2D eigenvalue weighted by Gasteiger charge is 2.04. The summed E-state index contributed by atoms with van der Waals surface area (Å²) in [5.74, 6) is 1.90. The van der Waals surface area contributed by atoms with E-state index in [-0.39, 0.29) is 0 Å². The van der Waals surface area contributed by atoms with Gasteiger partial charge >= 0.3 is 0 Å². The van der Waals surface area contributed by atoms with E-state index < -0.39 is 0 Å². The number of hydrogen-bond donors (Lipinski definition) is 1. The average molecular weight is 208 g/mol. The predicted octanol–water partition coefficient (Wildman–Crippen LogP) is 2.14. The van der Waals surface area contributed by atoms with E-state index in [1.165, 1.54) is 0 Å². The van der Waals surface area contributed by atoms with Gasteiger partial charge in [0.2, 0.25) is 0 Å². The van der Waals surface area contributed by atoms with Gasteiger partial charge in [-0.2, -0.15) is 0 Å². The van der Waals surface area contributed by atoms with Gasteiger partial charge in [0, 0.05) is 25.7 Å². The number of aromatic nitrogens is 2. The maximum Gasteiger partial charge on any atom is 0.134 e. The minimum absolute atomic E-state index is 0.911. The second kappa shape index (κ2) is 6.22. The lowest BCUT2D eigenvalue weighted by atomic mass is 10.4. The summed E-state index contributed by atoms with van der Waals surface area (Å²) >= 11 is 0. The molecule has 0 aromatic carbocycles. The van der Waals surface area contributed by atoms with Crippen molar-refractivity contribution in [3.63, 3.8) is 0 Å². The normalized spacial score (nSPS) is 10.1. The first kappa shape index (κ1) is 11.8. The molecule has 0 bridgehead atoms. The summed E-state index contributed by atoms with van der Waals surface area (Å²) in [5, 5.41) is 3.26. The Morgan fingerprint density at radius 3 is 2.53 bits per heavy atom. The molecule has 1 heterocycles. The molecule has 0 radical (unpaired) electrons. The Morgan fingerprint density at radius 2 is 1.93 bits per heavy atom.